The second-order valence-corrected chi connectivity index (χ2v) is 5.05. The van der Waals surface area contributed by atoms with Crippen molar-refractivity contribution >= 4 is 11.2 Å². The molecule has 1 rings (SSSR count). The Balaban J connectivity index is 2.32. The molecule has 0 spiro atoms. The summed E-state index contributed by atoms with van der Waals surface area (Å²) in [6.07, 6.45) is 1.13. The molecule has 1 fully saturated rings. The average molecular weight is 237 g/mol. The zero-order valence-electron chi connectivity index (χ0n) is 9.41. The number of hydrogen-bond acceptors (Lipinski definition) is 2. The van der Waals surface area contributed by atoms with Crippen LogP contribution >= 0.6 is 0 Å². The highest BCUT2D eigenvalue weighted by atomic mass is 32.2. The molecule has 6 heteroatoms. The Morgan fingerprint density at radius 1 is 1.40 bits per heavy atom. The molecule has 0 aromatic heterocycles. The van der Waals surface area contributed by atoms with Gasteiger partial charge in [0.1, 0.15) is 0 Å². The first-order valence-corrected chi connectivity index (χ1v) is 6.50. The van der Waals surface area contributed by atoms with Gasteiger partial charge in [0.2, 0.25) is 0 Å². The van der Waals surface area contributed by atoms with Crippen molar-refractivity contribution in [1.82, 2.24) is 13.9 Å². The van der Waals surface area contributed by atoms with Gasteiger partial charge in [-0.1, -0.05) is 6.92 Å². The van der Waals surface area contributed by atoms with Gasteiger partial charge in [-0.2, -0.15) is 4.72 Å². The van der Waals surface area contributed by atoms with Crippen LogP contribution < -0.4 is 4.72 Å². The van der Waals surface area contributed by atoms with Crippen molar-refractivity contribution in [1.29, 1.82) is 0 Å². The molecule has 0 radical (unpaired) electrons. The first kappa shape index (κ1) is 13.0. The standard InChI is InChI=1S/C9H20FN3OS/c1-3-9(2)12-4-6-13(7-5-12)15(14)11-8-10/h9,11H,3-8H2,1-2H3. The molecular weight excluding hydrogens is 217 g/mol. The smallest absolute Gasteiger partial charge is 0.172 e. The molecule has 0 aromatic rings. The van der Waals surface area contributed by atoms with Gasteiger partial charge in [0.05, 0.1) is 0 Å². The lowest BCUT2D eigenvalue weighted by atomic mass is 10.2. The molecule has 1 aliphatic rings. The molecule has 4 nitrogen and oxygen atoms in total. The fourth-order valence-corrected chi connectivity index (χ4v) is 2.48. The van der Waals surface area contributed by atoms with Gasteiger partial charge in [-0.3, -0.25) is 4.90 Å². The van der Waals surface area contributed by atoms with Crippen molar-refractivity contribution in [3.8, 4) is 0 Å². The Morgan fingerprint density at radius 2 is 2.00 bits per heavy atom. The van der Waals surface area contributed by atoms with E-state index in [0.29, 0.717) is 6.04 Å². The van der Waals surface area contributed by atoms with Gasteiger partial charge >= 0.3 is 0 Å². The third kappa shape index (κ3) is 3.79. The van der Waals surface area contributed by atoms with Crippen molar-refractivity contribution < 1.29 is 8.60 Å². The van der Waals surface area contributed by atoms with Gasteiger partial charge in [-0.05, 0) is 13.3 Å². The predicted molar refractivity (Wildman–Crippen MR) is 60.2 cm³/mol. The van der Waals surface area contributed by atoms with E-state index in [2.05, 4.69) is 23.5 Å². The first-order valence-electron chi connectivity index (χ1n) is 5.39. The Bertz CT molecular complexity index is 210. The zero-order valence-corrected chi connectivity index (χ0v) is 10.2. The Labute approximate surface area is 93.5 Å². The van der Waals surface area contributed by atoms with Crippen LogP contribution in [0.3, 0.4) is 0 Å². The van der Waals surface area contributed by atoms with E-state index in [-0.39, 0.29) is 0 Å². The molecule has 90 valence electrons. The van der Waals surface area contributed by atoms with E-state index in [4.69, 9.17) is 0 Å². The second kappa shape index (κ2) is 6.52. The summed E-state index contributed by atoms with van der Waals surface area (Å²) in [6.45, 7) is 6.93. The SMILES string of the molecule is CCC(C)N1CCN(S(=O)NCF)CC1. The highest BCUT2D eigenvalue weighted by Crippen LogP contribution is 2.09. The quantitative estimate of drug-likeness (QED) is 0.707. The van der Waals surface area contributed by atoms with Crippen molar-refractivity contribution in [2.24, 2.45) is 0 Å². The summed E-state index contributed by atoms with van der Waals surface area (Å²) in [7, 11) is 0. The van der Waals surface area contributed by atoms with E-state index in [0.717, 1.165) is 32.6 Å². The van der Waals surface area contributed by atoms with E-state index < -0.39 is 18.0 Å². The molecule has 1 aliphatic heterocycles. The molecule has 1 heterocycles. The molecule has 15 heavy (non-hydrogen) atoms. The van der Waals surface area contributed by atoms with Crippen LogP contribution in [0.15, 0.2) is 0 Å². The summed E-state index contributed by atoms with van der Waals surface area (Å²) in [5.74, 6) is 0. The maximum atomic E-state index is 11.9. The molecule has 2 unspecified atom stereocenters. The van der Waals surface area contributed by atoms with Crippen LogP contribution in [0, 0.1) is 0 Å². The highest BCUT2D eigenvalue weighted by molar-refractivity contribution is 7.80. The zero-order chi connectivity index (χ0) is 11.3. The minimum atomic E-state index is -1.35. The second-order valence-electron chi connectivity index (χ2n) is 3.75. The van der Waals surface area contributed by atoms with E-state index in [9.17, 15) is 8.60 Å². The molecule has 2 atom stereocenters. The summed E-state index contributed by atoms with van der Waals surface area (Å²) >= 11 is -1.35. The fourth-order valence-electron chi connectivity index (χ4n) is 1.71. The molecule has 0 aliphatic carbocycles. The molecule has 0 amide bonds. The van der Waals surface area contributed by atoms with Gasteiger partial charge in [-0.15, -0.1) is 0 Å². The molecule has 1 saturated heterocycles. The number of piperazine rings is 1. The molecular formula is C9H20FN3OS. The number of halogens is 1. The van der Waals surface area contributed by atoms with Crippen LogP contribution in [0.4, 0.5) is 4.39 Å². The number of rotatable bonds is 5. The third-order valence-corrected chi connectivity index (χ3v) is 4.09. The largest absolute Gasteiger partial charge is 0.298 e. The molecule has 1 N–H and O–H groups in total. The number of alkyl halides is 1. The fraction of sp³-hybridized carbons (Fsp3) is 1.00. The van der Waals surface area contributed by atoms with Crippen LogP contribution in [-0.2, 0) is 11.2 Å². The van der Waals surface area contributed by atoms with Crippen LogP contribution in [-0.4, -0.2) is 52.4 Å². The van der Waals surface area contributed by atoms with Gasteiger partial charge in [0.25, 0.3) is 0 Å². The topological polar surface area (TPSA) is 35.6 Å². The van der Waals surface area contributed by atoms with E-state index in [1.807, 2.05) is 0 Å². The first-order chi connectivity index (χ1) is 7.19. The number of hydrogen-bond donors (Lipinski definition) is 1. The van der Waals surface area contributed by atoms with Gasteiger partial charge in [0, 0.05) is 32.2 Å². The third-order valence-electron chi connectivity index (χ3n) is 2.90. The van der Waals surface area contributed by atoms with Crippen molar-refractivity contribution in [3.63, 3.8) is 0 Å². The van der Waals surface area contributed by atoms with Crippen LogP contribution in [0.2, 0.25) is 0 Å². The number of nitrogens with one attached hydrogen (secondary N) is 1. The van der Waals surface area contributed by atoms with Gasteiger partial charge in [0.15, 0.2) is 18.0 Å². The maximum absolute atomic E-state index is 11.9. The van der Waals surface area contributed by atoms with Crippen LogP contribution in [0.5, 0.6) is 0 Å². The Kier molecular flexibility index (Phi) is 5.66. The van der Waals surface area contributed by atoms with Gasteiger partial charge in [-0.25, -0.2) is 12.9 Å². The lowest BCUT2D eigenvalue weighted by molar-refractivity contribution is 0.145. The Morgan fingerprint density at radius 3 is 2.47 bits per heavy atom. The molecule has 0 bridgehead atoms. The van der Waals surface area contributed by atoms with Crippen LogP contribution in [0.25, 0.3) is 0 Å². The Hall–Kier alpha value is -0.0400. The summed E-state index contributed by atoms with van der Waals surface area (Å²) in [5, 5.41) is 0. The lowest BCUT2D eigenvalue weighted by Crippen LogP contribution is -2.51. The minimum absolute atomic E-state index is 0.578. The average Bonchev–Trinajstić information content (AvgIpc) is 2.28. The van der Waals surface area contributed by atoms with E-state index >= 15 is 0 Å². The van der Waals surface area contributed by atoms with Crippen molar-refractivity contribution in [2.75, 3.05) is 33.0 Å². The number of nitrogens with zero attached hydrogens (tertiary/aromatic N) is 2. The van der Waals surface area contributed by atoms with E-state index in [1.54, 1.807) is 4.31 Å². The van der Waals surface area contributed by atoms with Crippen LogP contribution in [0.1, 0.15) is 20.3 Å². The summed E-state index contributed by atoms with van der Waals surface area (Å²) in [5.41, 5.74) is 0. The van der Waals surface area contributed by atoms with Crippen molar-refractivity contribution in [3.05, 3.63) is 0 Å². The van der Waals surface area contributed by atoms with Gasteiger partial charge < -0.3 is 0 Å². The van der Waals surface area contributed by atoms with E-state index in [1.165, 1.54) is 0 Å². The van der Waals surface area contributed by atoms with Crippen molar-refractivity contribution in [2.45, 2.75) is 26.3 Å². The summed E-state index contributed by atoms with van der Waals surface area (Å²) in [6, 6.07) is 0.578. The molecule has 0 saturated carbocycles. The minimum Gasteiger partial charge on any atom is -0.298 e. The predicted octanol–water partition coefficient (Wildman–Crippen LogP) is 0.498. The summed E-state index contributed by atoms with van der Waals surface area (Å²) < 4.78 is 27.4. The summed E-state index contributed by atoms with van der Waals surface area (Å²) in [4.78, 5) is 2.38. The highest BCUT2D eigenvalue weighted by Gasteiger charge is 2.22. The molecule has 0 aromatic carbocycles. The normalized spacial score (nSPS) is 23.9. The lowest BCUT2D eigenvalue weighted by Gasteiger charge is -2.36. The monoisotopic (exact) mass is 237 g/mol. The maximum Gasteiger partial charge on any atom is 0.172 e.